The molecule has 0 amide bonds. The smallest absolute Gasteiger partial charge is 0.0464 e. The fourth-order valence-electron chi connectivity index (χ4n) is 7.88. The van der Waals surface area contributed by atoms with E-state index in [9.17, 15) is 0 Å². The highest BCUT2D eigenvalue weighted by atomic mass is 14.9. The molecule has 0 radical (unpaired) electrons. The van der Waals surface area contributed by atoms with Crippen LogP contribution in [0.5, 0.6) is 0 Å². The summed E-state index contributed by atoms with van der Waals surface area (Å²) >= 11 is 0. The van der Waals surface area contributed by atoms with Gasteiger partial charge in [0.25, 0.3) is 0 Å². The van der Waals surface area contributed by atoms with E-state index in [0.29, 0.717) is 0 Å². The molecule has 0 aliphatic heterocycles. The lowest BCUT2D eigenvalue weighted by Crippen LogP contribution is -2.14. The Bertz CT molecular complexity index is 2510. The van der Waals surface area contributed by atoms with Crippen LogP contribution in [-0.4, -0.2) is 0 Å². The van der Waals surface area contributed by atoms with Crippen molar-refractivity contribution in [3.8, 4) is 44.5 Å². The van der Waals surface area contributed by atoms with E-state index in [4.69, 9.17) is 0 Å². The number of para-hydroxylation sites is 1. The zero-order chi connectivity index (χ0) is 32.2. The van der Waals surface area contributed by atoms with Crippen molar-refractivity contribution in [3.63, 3.8) is 0 Å². The van der Waals surface area contributed by atoms with Gasteiger partial charge in [0.15, 0.2) is 0 Å². The molecule has 1 nitrogen and oxygen atoms in total. The van der Waals surface area contributed by atoms with Crippen molar-refractivity contribution in [3.05, 3.63) is 181 Å². The summed E-state index contributed by atoms with van der Waals surface area (Å²) in [4.78, 5) is 0. The molecule has 1 heteroatoms. The highest BCUT2D eigenvalue weighted by Crippen LogP contribution is 2.54. The number of hydrogen-bond acceptors (Lipinski definition) is 1. The number of benzene rings is 8. The molecule has 9 rings (SSSR count). The van der Waals surface area contributed by atoms with Crippen molar-refractivity contribution in [2.45, 2.75) is 19.3 Å². The molecule has 0 spiro atoms. The van der Waals surface area contributed by atoms with E-state index in [2.05, 4.69) is 189 Å². The Hall–Kier alpha value is -5.92. The average molecular weight is 614 g/mol. The Morgan fingerprint density at radius 2 is 1.04 bits per heavy atom. The Balaban J connectivity index is 1.17. The van der Waals surface area contributed by atoms with Gasteiger partial charge in [-0.2, -0.15) is 0 Å². The van der Waals surface area contributed by atoms with Crippen LogP contribution in [-0.2, 0) is 5.41 Å². The van der Waals surface area contributed by atoms with Crippen molar-refractivity contribution in [2.24, 2.45) is 0 Å². The minimum absolute atomic E-state index is 0.113. The van der Waals surface area contributed by atoms with Gasteiger partial charge in [-0.15, -0.1) is 0 Å². The van der Waals surface area contributed by atoms with Crippen LogP contribution in [0, 0.1) is 0 Å². The molecule has 0 saturated heterocycles. The molecule has 8 aromatic carbocycles. The first kappa shape index (κ1) is 28.3. The van der Waals surface area contributed by atoms with Gasteiger partial charge in [-0.05, 0) is 95.9 Å². The fraction of sp³-hybridized carbons (Fsp3) is 0.0638. The lowest BCUT2D eigenvalue weighted by molar-refractivity contribution is 0.660. The van der Waals surface area contributed by atoms with Crippen molar-refractivity contribution in [2.75, 3.05) is 5.32 Å². The lowest BCUT2D eigenvalue weighted by Gasteiger charge is -2.22. The second-order valence-electron chi connectivity index (χ2n) is 13.4. The third-order valence-corrected chi connectivity index (χ3v) is 10.3. The first-order valence-electron chi connectivity index (χ1n) is 16.8. The molecule has 228 valence electrons. The summed E-state index contributed by atoms with van der Waals surface area (Å²) in [6.45, 7) is 4.72. The summed E-state index contributed by atoms with van der Waals surface area (Å²) in [5, 5.41) is 8.86. The maximum absolute atomic E-state index is 3.84. The molecule has 1 aliphatic rings. The Morgan fingerprint density at radius 1 is 0.396 bits per heavy atom. The van der Waals surface area contributed by atoms with Crippen molar-refractivity contribution in [1.29, 1.82) is 0 Å². The van der Waals surface area contributed by atoms with E-state index in [-0.39, 0.29) is 5.41 Å². The molecule has 0 aromatic heterocycles. The second-order valence-corrected chi connectivity index (χ2v) is 13.4. The number of nitrogens with one attached hydrogen (secondary N) is 1. The molecule has 8 aromatic rings. The van der Waals surface area contributed by atoms with Crippen LogP contribution in [0.2, 0.25) is 0 Å². The van der Waals surface area contributed by atoms with Gasteiger partial charge in [-0.3, -0.25) is 0 Å². The van der Waals surface area contributed by atoms with E-state index in [1.165, 1.54) is 77.2 Å². The third-order valence-electron chi connectivity index (χ3n) is 10.3. The largest absolute Gasteiger partial charge is 0.355 e. The summed E-state index contributed by atoms with van der Waals surface area (Å²) in [5.41, 5.74) is 14.9. The summed E-state index contributed by atoms with van der Waals surface area (Å²) < 4.78 is 0. The van der Waals surface area contributed by atoms with E-state index in [1.807, 2.05) is 0 Å². The quantitative estimate of drug-likeness (QED) is 0.204. The summed E-state index contributed by atoms with van der Waals surface area (Å²) in [7, 11) is 0. The highest BCUT2D eigenvalue weighted by Gasteiger charge is 2.37. The van der Waals surface area contributed by atoms with Gasteiger partial charge >= 0.3 is 0 Å². The van der Waals surface area contributed by atoms with Gasteiger partial charge < -0.3 is 5.32 Å². The number of fused-ring (bicyclic) bond motifs is 5. The topological polar surface area (TPSA) is 12.0 Å². The van der Waals surface area contributed by atoms with Crippen LogP contribution >= 0.6 is 0 Å². The lowest BCUT2D eigenvalue weighted by atomic mass is 9.81. The first-order chi connectivity index (χ1) is 23.6. The zero-order valence-corrected chi connectivity index (χ0v) is 27.2. The molecule has 0 heterocycles. The van der Waals surface area contributed by atoms with Crippen LogP contribution in [0.3, 0.4) is 0 Å². The molecular formula is C47H35N. The van der Waals surface area contributed by atoms with Gasteiger partial charge in [0.05, 0.1) is 0 Å². The maximum Gasteiger partial charge on any atom is 0.0464 e. The average Bonchev–Trinajstić information content (AvgIpc) is 3.37. The van der Waals surface area contributed by atoms with Crippen LogP contribution in [0.1, 0.15) is 25.0 Å². The number of anilines is 2. The molecule has 0 fully saturated rings. The van der Waals surface area contributed by atoms with Crippen LogP contribution < -0.4 is 5.32 Å². The van der Waals surface area contributed by atoms with Gasteiger partial charge in [-0.25, -0.2) is 0 Å². The fourth-order valence-corrected chi connectivity index (χ4v) is 7.88. The van der Waals surface area contributed by atoms with Crippen molar-refractivity contribution < 1.29 is 0 Å². The predicted octanol–water partition coefficient (Wildman–Crippen LogP) is 13.0. The number of rotatable bonds is 5. The summed E-state index contributed by atoms with van der Waals surface area (Å²) in [6, 6.07) is 62.0. The third kappa shape index (κ3) is 4.54. The minimum Gasteiger partial charge on any atom is -0.355 e. The Labute approximate surface area is 282 Å². The standard InChI is InChI=1S/C47H35N/c1-47(2)43-28-27-35(48-45-24-10-9-20-40(45)38-21-11-16-32-14-5-6-17-36(32)38)30-42(43)46-41(22-12-23-44(46)47)39-19-8-7-18-37(39)34-26-25-31-13-3-4-15-33(31)29-34/h3-30,48H,1-2H3. The van der Waals surface area contributed by atoms with Gasteiger partial charge in [0.2, 0.25) is 0 Å². The van der Waals surface area contributed by atoms with Crippen molar-refractivity contribution in [1.82, 2.24) is 0 Å². The van der Waals surface area contributed by atoms with Gasteiger partial charge in [-0.1, -0.05) is 159 Å². The molecule has 0 unspecified atom stereocenters. The first-order valence-corrected chi connectivity index (χ1v) is 16.8. The predicted molar refractivity (Wildman–Crippen MR) is 205 cm³/mol. The maximum atomic E-state index is 3.84. The van der Waals surface area contributed by atoms with Gasteiger partial charge in [0.1, 0.15) is 0 Å². The zero-order valence-electron chi connectivity index (χ0n) is 27.2. The van der Waals surface area contributed by atoms with Crippen LogP contribution in [0.25, 0.3) is 66.1 Å². The molecule has 48 heavy (non-hydrogen) atoms. The van der Waals surface area contributed by atoms with E-state index in [1.54, 1.807) is 0 Å². The number of hydrogen-bond donors (Lipinski definition) is 1. The highest BCUT2D eigenvalue weighted by molar-refractivity contribution is 6.01. The second kappa shape index (κ2) is 11.1. The SMILES string of the molecule is CC1(C)c2ccc(Nc3ccccc3-c3cccc4ccccc34)cc2-c2c(-c3ccccc3-c3ccc4ccccc4c3)cccc21. The van der Waals surface area contributed by atoms with E-state index < -0.39 is 0 Å². The monoisotopic (exact) mass is 613 g/mol. The van der Waals surface area contributed by atoms with Crippen molar-refractivity contribution >= 4 is 32.9 Å². The Morgan fingerprint density at radius 3 is 1.92 bits per heavy atom. The normalized spacial score (nSPS) is 13.0. The Kier molecular flexibility index (Phi) is 6.55. The molecular weight excluding hydrogens is 579 g/mol. The summed E-state index contributed by atoms with van der Waals surface area (Å²) in [6.07, 6.45) is 0. The molecule has 1 N–H and O–H groups in total. The molecule has 0 atom stereocenters. The van der Waals surface area contributed by atoms with Crippen LogP contribution in [0.4, 0.5) is 11.4 Å². The molecule has 0 saturated carbocycles. The van der Waals surface area contributed by atoms with Crippen LogP contribution in [0.15, 0.2) is 170 Å². The summed E-state index contributed by atoms with van der Waals surface area (Å²) in [5.74, 6) is 0. The minimum atomic E-state index is -0.113. The van der Waals surface area contributed by atoms with E-state index in [0.717, 1.165) is 11.4 Å². The van der Waals surface area contributed by atoms with Gasteiger partial charge in [0, 0.05) is 22.4 Å². The molecule has 0 bridgehead atoms. The van der Waals surface area contributed by atoms with E-state index >= 15 is 0 Å². The molecule has 1 aliphatic carbocycles.